The van der Waals surface area contributed by atoms with Crippen molar-refractivity contribution in [3.8, 4) is 11.5 Å². The molecule has 1 heterocycles. The topological polar surface area (TPSA) is 99.0 Å². The predicted octanol–water partition coefficient (Wildman–Crippen LogP) is 6.61. The lowest BCUT2D eigenvalue weighted by atomic mass is 10.1. The number of aryl methyl sites for hydroxylation is 1. The van der Waals surface area contributed by atoms with Gasteiger partial charge in [-0.2, -0.15) is 0 Å². The van der Waals surface area contributed by atoms with Crippen LogP contribution < -0.4 is 9.47 Å². The summed E-state index contributed by atoms with van der Waals surface area (Å²) >= 11 is 4.40. The highest BCUT2D eigenvalue weighted by atomic mass is 79.9. The van der Waals surface area contributed by atoms with Crippen molar-refractivity contribution in [2.75, 3.05) is 13.7 Å². The summed E-state index contributed by atoms with van der Waals surface area (Å²) in [5.41, 5.74) is 2.43. The summed E-state index contributed by atoms with van der Waals surface area (Å²) in [7, 11) is 1.49. The van der Waals surface area contributed by atoms with Crippen LogP contribution in [0.2, 0.25) is 0 Å². The summed E-state index contributed by atoms with van der Waals surface area (Å²) in [6.45, 7) is 0.451. The number of nitro groups is 1. The summed E-state index contributed by atoms with van der Waals surface area (Å²) in [4.78, 5) is 37.6. The third-order valence-electron chi connectivity index (χ3n) is 5.62. The molecule has 1 saturated heterocycles. The molecule has 0 bridgehead atoms. The van der Waals surface area contributed by atoms with Gasteiger partial charge in [-0.3, -0.25) is 24.6 Å². The molecular formula is C27H23BrN2O6S. The normalized spacial score (nSPS) is 14.3. The zero-order valence-corrected chi connectivity index (χ0v) is 22.3. The molecule has 3 aromatic rings. The van der Waals surface area contributed by atoms with Crippen LogP contribution in [0.5, 0.6) is 11.5 Å². The Labute approximate surface area is 226 Å². The lowest BCUT2D eigenvalue weighted by molar-refractivity contribution is -0.384. The van der Waals surface area contributed by atoms with Crippen LogP contribution in [0.25, 0.3) is 6.08 Å². The lowest BCUT2D eigenvalue weighted by Crippen LogP contribution is -2.29. The first-order valence-electron chi connectivity index (χ1n) is 11.4. The van der Waals surface area contributed by atoms with E-state index in [0.717, 1.165) is 23.7 Å². The second-order valence-electron chi connectivity index (χ2n) is 8.17. The number of imide groups is 1. The summed E-state index contributed by atoms with van der Waals surface area (Å²) in [5.74, 6) is 0.512. The van der Waals surface area contributed by atoms with E-state index < -0.39 is 4.92 Å². The van der Waals surface area contributed by atoms with Crippen LogP contribution in [0, 0.1) is 10.1 Å². The van der Waals surface area contributed by atoms with Gasteiger partial charge < -0.3 is 9.47 Å². The zero-order valence-electron chi connectivity index (χ0n) is 19.9. The van der Waals surface area contributed by atoms with Gasteiger partial charge in [-0.15, -0.1) is 0 Å². The molecule has 0 atom stereocenters. The number of nitro benzene ring substituents is 1. The highest BCUT2D eigenvalue weighted by Crippen LogP contribution is 2.39. The predicted molar refractivity (Wildman–Crippen MR) is 146 cm³/mol. The Balaban J connectivity index is 1.45. The second kappa shape index (κ2) is 12.1. The van der Waals surface area contributed by atoms with Crippen molar-refractivity contribution < 1.29 is 24.0 Å². The highest BCUT2D eigenvalue weighted by molar-refractivity contribution is 9.10. The second-order valence-corrected chi connectivity index (χ2v) is 10.0. The fraction of sp³-hybridized carbons (Fsp3) is 0.185. The molecule has 0 aromatic heterocycles. The van der Waals surface area contributed by atoms with E-state index in [9.17, 15) is 19.7 Å². The van der Waals surface area contributed by atoms with E-state index in [1.807, 2.05) is 30.3 Å². The molecule has 10 heteroatoms. The average molecular weight is 583 g/mol. The van der Waals surface area contributed by atoms with Crippen molar-refractivity contribution in [1.29, 1.82) is 0 Å². The molecule has 4 rings (SSSR count). The Morgan fingerprint density at radius 2 is 1.81 bits per heavy atom. The molecule has 190 valence electrons. The van der Waals surface area contributed by atoms with E-state index in [1.165, 1.54) is 24.1 Å². The Kier molecular flexibility index (Phi) is 8.62. The van der Waals surface area contributed by atoms with E-state index in [0.29, 0.717) is 45.0 Å². The van der Waals surface area contributed by atoms with Crippen LogP contribution >= 0.6 is 27.7 Å². The third-order valence-corrected chi connectivity index (χ3v) is 7.11. The molecule has 3 aromatic carbocycles. The summed E-state index contributed by atoms with van der Waals surface area (Å²) < 4.78 is 11.9. The minimum absolute atomic E-state index is 0.0171. The van der Waals surface area contributed by atoms with E-state index in [1.54, 1.807) is 30.3 Å². The van der Waals surface area contributed by atoms with Crippen molar-refractivity contribution in [2.45, 2.75) is 19.4 Å². The largest absolute Gasteiger partial charge is 0.493 e. The van der Waals surface area contributed by atoms with E-state index in [2.05, 4.69) is 15.9 Å². The maximum atomic E-state index is 12.9. The number of amides is 2. The number of hydrogen-bond donors (Lipinski definition) is 0. The van der Waals surface area contributed by atoms with Crippen LogP contribution in [-0.2, 0) is 17.8 Å². The molecule has 0 aliphatic carbocycles. The van der Waals surface area contributed by atoms with E-state index >= 15 is 0 Å². The lowest BCUT2D eigenvalue weighted by Gasteiger charge is -2.14. The number of methoxy groups -OCH3 is 1. The molecule has 0 N–H and O–H groups in total. The number of carbonyl (C=O) groups excluding carboxylic acids is 2. The number of benzene rings is 3. The molecule has 0 unspecified atom stereocenters. The van der Waals surface area contributed by atoms with Gasteiger partial charge in [0.25, 0.3) is 16.8 Å². The van der Waals surface area contributed by atoms with Crippen molar-refractivity contribution in [1.82, 2.24) is 4.90 Å². The first-order chi connectivity index (χ1) is 17.9. The van der Waals surface area contributed by atoms with Gasteiger partial charge in [0.1, 0.15) is 6.61 Å². The van der Waals surface area contributed by atoms with Crippen LogP contribution in [-0.4, -0.2) is 34.6 Å². The molecular weight excluding hydrogens is 560 g/mol. The smallest absolute Gasteiger partial charge is 0.293 e. The Bertz CT molecular complexity index is 1360. The number of non-ortho nitro benzene ring substituents is 1. The van der Waals surface area contributed by atoms with Gasteiger partial charge in [-0.05, 0) is 75.4 Å². The van der Waals surface area contributed by atoms with Crippen molar-refractivity contribution in [3.63, 3.8) is 0 Å². The number of ether oxygens (including phenoxy) is 2. The monoisotopic (exact) mass is 582 g/mol. The quantitative estimate of drug-likeness (QED) is 0.150. The molecule has 2 amide bonds. The Morgan fingerprint density at radius 1 is 1.05 bits per heavy atom. The first kappa shape index (κ1) is 26.4. The minimum Gasteiger partial charge on any atom is -0.493 e. The summed E-state index contributed by atoms with van der Waals surface area (Å²) in [5, 5.41) is 10.7. The molecule has 1 fully saturated rings. The maximum absolute atomic E-state index is 12.9. The number of thioether (sulfide) groups is 1. The number of carbonyl (C=O) groups is 2. The summed E-state index contributed by atoms with van der Waals surface area (Å²) in [6, 6.07) is 19.6. The fourth-order valence-corrected chi connectivity index (χ4v) is 5.25. The third kappa shape index (κ3) is 6.58. The Hall–Kier alpha value is -3.63. The SMILES string of the molecule is COc1cc(/C=C2/SC(=O)N(CCCc3ccccc3)C2=O)cc(Br)c1OCc1cccc([N+](=O)[O-])c1. The number of nitrogens with zero attached hydrogens (tertiary/aromatic N) is 2. The highest BCUT2D eigenvalue weighted by Gasteiger charge is 2.34. The molecule has 0 spiro atoms. The van der Waals surface area contributed by atoms with Crippen LogP contribution in [0.15, 0.2) is 76.1 Å². The molecule has 1 aliphatic rings. The molecule has 1 aliphatic heterocycles. The number of hydrogen-bond acceptors (Lipinski definition) is 7. The van der Waals surface area contributed by atoms with Crippen molar-refractivity contribution in [2.24, 2.45) is 0 Å². The van der Waals surface area contributed by atoms with Gasteiger partial charge >= 0.3 is 0 Å². The maximum Gasteiger partial charge on any atom is 0.293 e. The van der Waals surface area contributed by atoms with Gasteiger partial charge in [0, 0.05) is 18.7 Å². The standard InChI is InChI=1S/C27H23BrN2O6S/c1-35-23-15-20(14-22(28)25(23)36-17-19-9-5-11-21(13-19)30(33)34)16-24-26(31)29(27(32)37-24)12-6-10-18-7-3-2-4-8-18/h2-5,7-9,11,13-16H,6,10,12,17H2,1H3/b24-16+. The molecule has 37 heavy (non-hydrogen) atoms. The minimum atomic E-state index is -0.459. The van der Waals surface area contributed by atoms with Crippen LogP contribution in [0.3, 0.4) is 0 Å². The molecule has 8 nitrogen and oxygen atoms in total. The Morgan fingerprint density at radius 3 is 2.54 bits per heavy atom. The average Bonchev–Trinajstić information content (AvgIpc) is 3.15. The van der Waals surface area contributed by atoms with E-state index in [4.69, 9.17) is 9.47 Å². The van der Waals surface area contributed by atoms with Crippen molar-refractivity contribution in [3.05, 3.63) is 103 Å². The van der Waals surface area contributed by atoms with Crippen LogP contribution in [0.1, 0.15) is 23.1 Å². The van der Waals surface area contributed by atoms with Gasteiger partial charge in [-0.1, -0.05) is 42.5 Å². The number of halogens is 1. The van der Waals surface area contributed by atoms with Gasteiger partial charge in [0.2, 0.25) is 0 Å². The summed E-state index contributed by atoms with van der Waals surface area (Å²) in [6.07, 6.45) is 3.12. The van der Waals surface area contributed by atoms with Gasteiger partial charge in [-0.25, -0.2) is 0 Å². The van der Waals surface area contributed by atoms with Gasteiger partial charge in [0.05, 0.1) is 21.4 Å². The first-order valence-corrected chi connectivity index (χ1v) is 13.0. The van der Waals surface area contributed by atoms with Crippen molar-refractivity contribution >= 4 is 50.6 Å². The van der Waals surface area contributed by atoms with Gasteiger partial charge in [0.15, 0.2) is 11.5 Å². The van der Waals surface area contributed by atoms with E-state index in [-0.39, 0.29) is 23.4 Å². The fourth-order valence-electron chi connectivity index (χ4n) is 3.81. The molecule has 0 radical (unpaired) electrons. The molecule has 0 saturated carbocycles. The number of rotatable bonds is 10. The van der Waals surface area contributed by atoms with Crippen LogP contribution in [0.4, 0.5) is 10.5 Å². The zero-order chi connectivity index (χ0) is 26.4.